The minimum Gasteiger partial charge on any atom is -0.497 e. The zero-order chi connectivity index (χ0) is 24.3. The maximum absolute atomic E-state index is 13.0. The second-order valence-electron chi connectivity index (χ2n) is 7.40. The number of ether oxygens (including phenoxy) is 3. The lowest BCUT2D eigenvalue weighted by Crippen LogP contribution is -2.43. The number of aliphatic hydroxyl groups is 1. The highest BCUT2D eigenvalue weighted by Crippen LogP contribution is 2.42. The Hall–Kier alpha value is -3.92. The van der Waals surface area contributed by atoms with E-state index in [0.29, 0.717) is 17.2 Å². The van der Waals surface area contributed by atoms with E-state index in [-0.39, 0.29) is 30.5 Å². The van der Waals surface area contributed by atoms with Gasteiger partial charge in [0.05, 0.1) is 31.0 Å². The second kappa shape index (κ2) is 9.52. The summed E-state index contributed by atoms with van der Waals surface area (Å²) < 4.78 is 51.9. The van der Waals surface area contributed by atoms with Gasteiger partial charge in [0.25, 0.3) is 5.91 Å². The predicted molar refractivity (Wildman–Crippen MR) is 119 cm³/mol. The molecule has 0 unspecified atom stereocenters. The molecule has 0 fully saturated rings. The van der Waals surface area contributed by atoms with E-state index in [4.69, 9.17) is 9.47 Å². The number of alkyl halides is 3. The average Bonchev–Trinajstić information content (AvgIpc) is 2.83. The van der Waals surface area contributed by atoms with Gasteiger partial charge >= 0.3 is 6.36 Å². The number of nitrogens with zero attached hydrogens (tertiary/aromatic N) is 1. The van der Waals surface area contributed by atoms with Gasteiger partial charge in [0, 0.05) is 11.4 Å². The molecule has 0 aromatic heterocycles. The van der Waals surface area contributed by atoms with Crippen molar-refractivity contribution >= 4 is 23.0 Å². The number of anilines is 3. The van der Waals surface area contributed by atoms with Crippen molar-refractivity contribution in [3.63, 3.8) is 0 Å². The summed E-state index contributed by atoms with van der Waals surface area (Å²) in [6, 6.07) is 16.8. The Morgan fingerprint density at radius 1 is 1.09 bits per heavy atom. The minimum absolute atomic E-state index is 0.142. The molecule has 34 heavy (non-hydrogen) atoms. The Balaban J connectivity index is 1.60. The van der Waals surface area contributed by atoms with Crippen molar-refractivity contribution in [3.8, 4) is 17.2 Å². The lowest BCUT2D eigenvalue weighted by Gasteiger charge is -2.38. The lowest BCUT2D eigenvalue weighted by molar-refractivity contribution is -0.274. The number of hydrogen-bond acceptors (Lipinski definition) is 6. The molecular weight excluding hydrogens is 453 g/mol. The van der Waals surface area contributed by atoms with E-state index in [9.17, 15) is 23.1 Å². The van der Waals surface area contributed by atoms with Crippen LogP contribution in [-0.4, -0.2) is 43.7 Å². The first kappa shape index (κ1) is 23.2. The summed E-state index contributed by atoms with van der Waals surface area (Å²) in [5.74, 6) is 0.115. The molecule has 2 N–H and O–H groups in total. The first-order valence-electron chi connectivity index (χ1n) is 10.3. The first-order valence-corrected chi connectivity index (χ1v) is 10.3. The molecule has 7 nitrogen and oxygen atoms in total. The number of methoxy groups -OCH3 is 1. The van der Waals surface area contributed by atoms with Crippen LogP contribution in [0.5, 0.6) is 17.2 Å². The number of halogens is 3. The number of benzene rings is 3. The number of fused-ring (bicyclic) bond motifs is 1. The monoisotopic (exact) mass is 474 g/mol. The number of nitrogens with one attached hydrogen (secondary N) is 1. The van der Waals surface area contributed by atoms with E-state index >= 15 is 0 Å². The number of hydrogen-bond donors (Lipinski definition) is 2. The molecule has 0 radical (unpaired) electrons. The minimum atomic E-state index is -4.80. The Labute approximate surface area is 193 Å². The topological polar surface area (TPSA) is 80.3 Å². The molecule has 0 aliphatic carbocycles. The van der Waals surface area contributed by atoms with Gasteiger partial charge < -0.3 is 29.5 Å². The van der Waals surface area contributed by atoms with Crippen molar-refractivity contribution in [3.05, 3.63) is 72.3 Å². The van der Waals surface area contributed by atoms with Crippen LogP contribution in [0.4, 0.5) is 30.2 Å². The number of rotatable bonds is 6. The molecule has 3 aromatic carbocycles. The fourth-order valence-electron chi connectivity index (χ4n) is 3.66. The van der Waals surface area contributed by atoms with Gasteiger partial charge in [-0.25, -0.2) is 0 Å². The summed E-state index contributed by atoms with van der Waals surface area (Å²) >= 11 is 0. The SMILES string of the molecule is COc1ccc(N2c3cccc(C(=O)Nc4ccc(OC(F)(F)F)cc4)c3OC[C@@H]2CO)cc1. The summed E-state index contributed by atoms with van der Waals surface area (Å²) in [5, 5.41) is 12.6. The highest BCUT2D eigenvalue weighted by molar-refractivity contribution is 6.07. The van der Waals surface area contributed by atoms with Crippen LogP contribution >= 0.6 is 0 Å². The number of amides is 1. The smallest absolute Gasteiger partial charge is 0.497 e. The van der Waals surface area contributed by atoms with Gasteiger partial charge in [0.1, 0.15) is 18.1 Å². The summed E-state index contributed by atoms with van der Waals surface area (Å²) in [7, 11) is 1.57. The van der Waals surface area contributed by atoms with Crippen molar-refractivity contribution in [2.24, 2.45) is 0 Å². The number of para-hydroxylation sites is 1. The highest BCUT2D eigenvalue weighted by atomic mass is 19.4. The zero-order valence-electron chi connectivity index (χ0n) is 18.0. The molecule has 178 valence electrons. The van der Waals surface area contributed by atoms with Gasteiger partial charge in [0.2, 0.25) is 0 Å². The van der Waals surface area contributed by atoms with Crippen LogP contribution in [0.2, 0.25) is 0 Å². The maximum atomic E-state index is 13.0. The molecule has 0 bridgehead atoms. The van der Waals surface area contributed by atoms with E-state index in [0.717, 1.165) is 17.8 Å². The van der Waals surface area contributed by atoms with E-state index < -0.39 is 18.0 Å². The third kappa shape index (κ3) is 5.01. The van der Waals surface area contributed by atoms with Gasteiger partial charge in [-0.3, -0.25) is 4.79 Å². The van der Waals surface area contributed by atoms with Crippen LogP contribution in [0.3, 0.4) is 0 Å². The second-order valence-corrected chi connectivity index (χ2v) is 7.40. The molecule has 1 aliphatic rings. The van der Waals surface area contributed by atoms with E-state index in [1.807, 2.05) is 17.0 Å². The normalized spacial score (nSPS) is 15.2. The summed E-state index contributed by atoms with van der Waals surface area (Å²) in [6.45, 7) is -0.0302. The zero-order valence-corrected chi connectivity index (χ0v) is 18.0. The molecule has 1 amide bonds. The van der Waals surface area contributed by atoms with Gasteiger partial charge in [-0.1, -0.05) is 6.07 Å². The Morgan fingerprint density at radius 2 is 1.76 bits per heavy atom. The van der Waals surface area contributed by atoms with Gasteiger partial charge in [-0.2, -0.15) is 0 Å². The molecule has 0 saturated heterocycles. The van der Waals surface area contributed by atoms with Crippen molar-refractivity contribution < 1.29 is 37.3 Å². The highest BCUT2D eigenvalue weighted by Gasteiger charge is 2.32. The van der Waals surface area contributed by atoms with Crippen LogP contribution in [0.1, 0.15) is 10.4 Å². The predicted octanol–water partition coefficient (Wildman–Crippen LogP) is 4.74. The van der Waals surface area contributed by atoms with Crippen molar-refractivity contribution in [2.75, 3.05) is 30.5 Å². The Kier molecular flexibility index (Phi) is 6.51. The first-order chi connectivity index (χ1) is 16.3. The van der Waals surface area contributed by atoms with Crippen molar-refractivity contribution in [1.82, 2.24) is 0 Å². The Morgan fingerprint density at radius 3 is 2.38 bits per heavy atom. The summed E-state index contributed by atoms with van der Waals surface area (Å²) in [4.78, 5) is 14.9. The fourth-order valence-corrected chi connectivity index (χ4v) is 3.66. The molecule has 1 aliphatic heterocycles. The number of aliphatic hydroxyl groups excluding tert-OH is 1. The van der Waals surface area contributed by atoms with Gasteiger partial charge in [-0.15, -0.1) is 13.2 Å². The number of carbonyl (C=O) groups excluding carboxylic acids is 1. The van der Waals surface area contributed by atoms with E-state index in [2.05, 4.69) is 10.1 Å². The van der Waals surface area contributed by atoms with Crippen molar-refractivity contribution in [1.29, 1.82) is 0 Å². The lowest BCUT2D eigenvalue weighted by atomic mass is 10.1. The quantitative estimate of drug-likeness (QED) is 0.538. The molecule has 3 aromatic rings. The van der Waals surface area contributed by atoms with Crippen LogP contribution in [0.15, 0.2) is 66.7 Å². The summed E-state index contributed by atoms with van der Waals surface area (Å²) in [5.41, 5.74) is 1.90. The third-order valence-electron chi connectivity index (χ3n) is 5.19. The van der Waals surface area contributed by atoms with E-state index in [1.165, 1.54) is 12.1 Å². The molecule has 1 atom stereocenters. The van der Waals surface area contributed by atoms with Gasteiger partial charge in [0.15, 0.2) is 5.75 Å². The molecule has 0 spiro atoms. The molecule has 0 saturated carbocycles. The van der Waals surface area contributed by atoms with Crippen molar-refractivity contribution in [2.45, 2.75) is 12.4 Å². The van der Waals surface area contributed by atoms with E-state index in [1.54, 1.807) is 37.4 Å². The average molecular weight is 474 g/mol. The Bertz CT molecular complexity index is 1150. The fraction of sp³-hybridized carbons (Fsp3) is 0.208. The van der Waals surface area contributed by atoms with Crippen LogP contribution in [-0.2, 0) is 0 Å². The largest absolute Gasteiger partial charge is 0.573 e. The molecular formula is C24H21F3N2O5. The third-order valence-corrected chi connectivity index (χ3v) is 5.19. The molecule has 10 heteroatoms. The van der Waals surface area contributed by atoms with Crippen LogP contribution in [0, 0.1) is 0 Å². The molecule has 4 rings (SSSR count). The standard InChI is InChI=1S/C24H21F3N2O5/c1-32-18-11-7-16(8-12-18)29-17(13-30)14-33-22-20(3-2-4-21(22)29)23(31)28-15-5-9-19(10-6-15)34-24(25,26)27/h2-12,17,30H,13-14H2,1H3,(H,28,31)/t17-/m0/s1. The molecule has 1 heterocycles. The number of carbonyl (C=O) groups is 1. The summed E-state index contributed by atoms with van der Waals surface area (Å²) in [6.07, 6.45) is -4.80. The maximum Gasteiger partial charge on any atom is 0.573 e. The van der Waals surface area contributed by atoms with Gasteiger partial charge in [-0.05, 0) is 60.7 Å². The van der Waals surface area contributed by atoms with Crippen LogP contribution in [0.25, 0.3) is 0 Å². The van der Waals surface area contributed by atoms with Crippen LogP contribution < -0.4 is 24.4 Å².